The Bertz CT molecular complexity index is 1490. The fourth-order valence-corrected chi connectivity index (χ4v) is 5.26. The Morgan fingerprint density at radius 3 is 2.41 bits per heavy atom. The minimum absolute atomic E-state index is 0.109. The first kappa shape index (κ1) is 28.5. The maximum atomic E-state index is 14.0. The van der Waals surface area contributed by atoms with Crippen LogP contribution in [0.25, 0.3) is 5.70 Å². The van der Waals surface area contributed by atoms with Crippen molar-refractivity contribution in [1.82, 2.24) is 25.6 Å². The predicted octanol–water partition coefficient (Wildman–Crippen LogP) is 4.59. The lowest BCUT2D eigenvalue weighted by atomic mass is 10.0. The Morgan fingerprint density at radius 2 is 1.78 bits per heavy atom. The van der Waals surface area contributed by atoms with Crippen LogP contribution in [0, 0.1) is 20.8 Å². The number of carbonyl (C=O) groups excluding carboxylic acids is 1. The summed E-state index contributed by atoms with van der Waals surface area (Å²) in [6.07, 6.45) is -0.911. The average molecular weight is 569 g/mol. The van der Waals surface area contributed by atoms with E-state index in [0.717, 1.165) is 53.9 Å². The summed E-state index contributed by atoms with van der Waals surface area (Å²) in [6.45, 7) is 11.1. The van der Waals surface area contributed by atoms with Crippen LogP contribution in [-0.2, 0) is 13.2 Å². The SMILES string of the molecule is CCN1CCN(c2cc(NC(=O)c3ccc(C)c(N4C=C(c5cnn(C)c5C)NN4)c3)cc(C(F)(F)F)c2C)CC1. The molecular weight excluding hydrogens is 533 g/mol. The van der Waals surface area contributed by atoms with E-state index < -0.39 is 17.6 Å². The van der Waals surface area contributed by atoms with E-state index in [1.54, 1.807) is 34.1 Å². The summed E-state index contributed by atoms with van der Waals surface area (Å²) in [5.41, 5.74) is 10.9. The van der Waals surface area contributed by atoms with Crippen LogP contribution in [0.4, 0.5) is 30.2 Å². The van der Waals surface area contributed by atoms with Crippen molar-refractivity contribution in [1.29, 1.82) is 0 Å². The molecule has 2 aromatic carbocycles. The first-order valence-corrected chi connectivity index (χ1v) is 13.6. The highest BCUT2D eigenvalue weighted by molar-refractivity contribution is 6.05. The third-order valence-corrected chi connectivity index (χ3v) is 7.93. The standard InChI is InChI=1S/C29H35F3N8O/c1-6-38-9-11-39(12-10-38)27-15-22(14-24(19(27)3)29(30,31)32)34-28(41)21-8-7-18(2)26(13-21)40-17-25(35-36-40)23-16-33-37(5)20(23)4/h7-8,13-17,35-36H,6,9-12H2,1-5H3,(H,34,41). The molecule has 5 rings (SSSR count). The zero-order valence-electron chi connectivity index (χ0n) is 23.9. The van der Waals surface area contributed by atoms with Gasteiger partial charge in [-0.3, -0.25) is 14.5 Å². The summed E-state index contributed by atoms with van der Waals surface area (Å²) >= 11 is 0. The van der Waals surface area contributed by atoms with Gasteiger partial charge in [0.1, 0.15) is 0 Å². The molecule has 2 aliphatic heterocycles. The fraction of sp³-hybridized carbons (Fsp3) is 0.379. The fourth-order valence-electron chi connectivity index (χ4n) is 5.26. The van der Waals surface area contributed by atoms with Crippen LogP contribution in [0.1, 0.15) is 45.2 Å². The average Bonchev–Trinajstić information content (AvgIpc) is 3.55. The van der Waals surface area contributed by atoms with Gasteiger partial charge in [0.25, 0.3) is 5.91 Å². The van der Waals surface area contributed by atoms with Crippen LogP contribution in [-0.4, -0.2) is 53.3 Å². The van der Waals surface area contributed by atoms with E-state index in [2.05, 4.69) is 33.2 Å². The highest BCUT2D eigenvalue weighted by Gasteiger charge is 2.35. The molecule has 1 fully saturated rings. The number of aromatic nitrogens is 2. The number of benzene rings is 2. The minimum atomic E-state index is -4.55. The molecule has 3 aromatic rings. The van der Waals surface area contributed by atoms with Crippen LogP contribution in [0.5, 0.6) is 0 Å². The van der Waals surface area contributed by atoms with Gasteiger partial charge in [-0.15, -0.1) is 5.53 Å². The van der Waals surface area contributed by atoms with Crippen LogP contribution < -0.4 is 26.2 Å². The van der Waals surface area contributed by atoms with Crippen molar-refractivity contribution in [2.24, 2.45) is 7.05 Å². The number of likely N-dealkylation sites (N-methyl/N-ethyl adjacent to an activating group) is 1. The van der Waals surface area contributed by atoms with Gasteiger partial charge in [-0.25, -0.2) is 0 Å². The van der Waals surface area contributed by atoms with Crippen molar-refractivity contribution in [3.05, 3.63) is 76.2 Å². The summed E-state index contributed by atoms with van der Waals surface area (Å²) in [5, 5.41) is 8.77. The number of alkyl halides is 3. The van der Waals surface area contributed by atoms with E-state index in [4.69, 9.17) is 0 Å². The van der Waals surface area contributed by atoms with Crippen LogP contribution in [0.15, 0.2) is 42.7 Å². The highest BCUT2D eigenvalue weighted by Crippen LogP contribution is 2.39. The molecular formula is C29H35F3N8O. The molecule has 1 saturated heterocycles. The van der Waals surface area contributed by atoms with Gasteiger partial charge in [0.2, 0.25) is 0 Å². The van der Waals surface area contributed by atoms with Gasteiger partial charge in [-0.1, -0.05) is 13.0 Å². The van der Waals surface area contributed by atoms with Gasteiger partial charge in [0, 0.05) is 67.6 Å². The first-order chi connectivity index (χ1) is 19.5. The van der Waals surface area contributed by atoms with Gasteiger partial charge in [-0.2, -0.15) is 18.3 Å². The van der Waals surface area contributed by atoms with Gasteiger partial charge < -0.3 is 20.5 Å². The molecule has 0 unspecified atom stereocenters. The summed E-state index contributed by atoms with van der Waals surface area (Å²) in [7, 11) is 1.87. The summed E-state index contributed by atoms with van der Waals surface area (Å²) in [6, 6.07) is 7.85. The third-order valence-electron chi connectivity index (χ3n) is 7.93. The molecule has 0 bridgehead atoms. The Balaban J connectivity index is 1.41. The molecule has 0 radical (unpaired) electrons. The van der Waals surface area contributed by atoms with Crippen molar-refractivity contribution in [3.8, 4) is 0 Å². The summed E-state index contributed by atoms with van der Waals surface area (Å²) in [5.74, 6) is -0.496. The molecule has 0 spiro atoms. The van der Waals surface area contributed by atoms with E-state index in [-0.39, 0.29) is 11.3 Å². The molecule has 9 nitrogen and oxygen atoms in total. The van der Waals surface area contributed by atoms with E-state index >= 15 is 0 Å². The molecule has 0 saturated carbocycles. The molecule has 1 amide bonds. The highest BCUT2D eigenvalue weighted by atomic mass is 19.4. The summed E-state index contributed by atoms with van der Waals surface area (Å²) < 4.78 is 43.9. The number of hydrazine groups is 2. The first-order valence-electron chi connectivity index (χ1n) is 13.6. The Kier molecular flexibility index (Phi) is 7.71. The van der Waals surface area contributed by atoms with Crippen molar-refractivity contribution in [2.75, 3.05) is 47.9 Å². The maximum Gasteiger partial charge on any atom is 0.416 e. The lowest BCUT2D eigenvalue weighted by molar-refractivity contribution is -0.138. The second-order valence-electron chi connectivity index (χ2n) is 10.5. The van der Waals surface area contributed by atoms with E-state index in [9.17, 15) is 18.0 Å². The molecule has 2 aliphatic rings. The number of carbonyl (C=O) groups is 1. The zero-order valence-corrected chi connectivity index (χ0v) is 23.9. The number of halogens is 3. The number of nitrogens with zero attached hydrogens (tertiary/aromatic N) is 5. The van der Waals surface area contributed by atoms with E-state index in [1.165, 1.54) is 6.92 Å². The van der Waals surface area contributed by atoms with E-state index in [1.807, 2.05) is 38.1 Å². The van der Waals surface area contributed by atoms with Crippen LogP contribution in [0.3, 0.4) is 0 Å². The lowest BCUT2D eigenvalue weighted by Crippen LogP contribution is -2.46. The number of hydrogen-bond donors (Lipinski definition) is 3. The molecule has 0 atom stereocenters. The quantitative estimate of drug-likeness (QED) is 0.402. The van der Waals surface area contributed by atoms with Crippen molar-refractivity contribution < 1.29 is 18.0 Å². The van der Waals surface area contributed by atoms with Gasteiger partial charge in [0.05, 0.1) is 23.1 Å². The second kappa shape index (κ2) is 11.1. The maximum absolute atomic E-state index is 14.0. The third kappa shape index (κ3) is 5.75. The molecule has 12 heteroatoms. The number of rotatable bonds is 6. The van der Waals surface area contributed by atoms with Gasteiger partial charge in [0.15, 0.2) is 0 Å². The Labute approximate surface area is 237 Å². The molecule has 3 heterocycles. The topological polar surface area (TPSA) is 80.7 Å². The molecule has 41 heavy (non-hydrogen) atoms. The number of anilines is 3. The smallest absolute Gasteiger partial charge is 0.369 e. The van der Waals surface area contributed by atoms with Crippen molar-refractivity contribution >= 4 is 28.7 Å². The lowest BCUT2D eigenvalue weighted by Gasteiger charge is -2.37. The van der Waals surface area contributed by atoms with Crippen molar-refractivity contribution in [2.45, 2.75) is 33.9 Å². The monoisotopic (exact) mass is 568 g/mol. The largest absolute Gasteiger partial charge is 0.416 e. The number of nitrogens with one attached hydrogen (secondary N) is 3. The minimum Gasteiger partial charge on any atom is -0.369 e. The molecule has 1 aromatic heterocycles. The van der Waals surface area contributed by atoms with Gasteiger partial charge in [-0.05, 0) is 62.7 Å². The van der Waals surface area contributed by atoms with Gasteiger partial charge >= 0.3 is 6.18 Å². The number of hydrogen-bond acceptors (Lipinski definition) is 7. The number of aryl methyl sites for hydroxylation is 2. The zero-order chi connectivity index (χ0) is 29.5. The Morgan fingerprint density at radius 1 is 1.05 bits per heavy atom. The van der Waals surface area contributed by atoms with E-state index in [0.29, 0.717) is 24.3 Å². The molecule has 218 valence electrons. The summed E-state index contributed by atoms with van der Waals surface area (Å²) in [4.78, 5) is 17.6. The second-order valence-corrected chi connectivity index (χ2v) is 10.5. The predicted molar refractivity (Wildman–Crippen MR) is 154 cm³/mol. The van der Waals surface area contributed by atoms with Crippen LogP contribution >= 0.6 is 0 Å². The number of amides is 1. The number of piperazine rings is 1. The molecule has 0 aliphatic carbocycles. The molecule has 3 N–H and O–H groups in total. The normalized spacial score (nSPS) is 16.1. The van der Waals surface area contributed by atoms with Crippen molar-refractivity contribution in [3.63, 3.8) is 0 Å². The Hall–Kier alpha value is -4.03. The van der Waals surface area contributed by atoms with Crippen LogP contribution in [0.2, 0.25) is 0 Å².